The lowest BCUT2D eigenvalue weighted by molar-refractivity contribution is -0.0498. The highest BCUT2D eigenvalue weighted by Gasteiger charge is 2.21. The molecule has 8 heteroatoms. The summed E-state index contributed by atoms with van der Waals surface area (Å²) in [6.45, 7) is 0.606. The minimum Gasteiger partial charge on any atom is -0.468 e. The van der Waals surface area contributed by atoms with E-state index in [2.05, 4.69) is 15.0 Å². The third-order valence-corrected chi connectivity index (χ3v) is 3.95. The van der Waals surface area contributed by atoms with Gasteiger partial charge in [0.05, 0.1) is 12.8 Å². The van der Waals surface area contributed by atoms with E-state index in [0.29, 0.717) is 18.8 Å². The van der Waals surface area contributed by atoms with Crippen molar-refractivity contribution in [2.75, 3.05) is 31.5 Å². The number of alkyl halides is 2. The molecule has 1 aliphatic rings. The van der Waals surface area contributed by atoms with Crippen LogP contribution in [0.3, 0.4) is 0 Å². The molecule has 134 valence electrons. The van der Waals surface area contributed by atoms with Crippen molar-refractivity contribution in [2.45, 2.75) is 13.2 Å². The van der Waals surface area contributed by atoms with Crippen molar-refractivity contribution in [3.8, 4) is 5.75 Å². The van der Waals surface area contributed by atoms with Crippen molar-refractivity contribution >= 4 is 11.7 Å². The number of nitrogens with zero attached hydrogens (tertiary/aromatic N) is 2. The van der Waals surface area contributed by atoms with Crippen LogP contribution in [0.5, 0.6) is 5.75 Å². The predicted octanol–water partition coefficient (Wildman–Crippen LogP) is 3.23. The number of rotatable bonds is 5. The molecule has 0 spiro atoms. The van der Waals surface area contributed by atoms with Crippen LogP contribution in [0.25, 0.3) is 0 Å². The Kier molecular flexibility index (Phi) is 5.49. The average Bonchev–Trinajstić information content (AvgIpc) is 3.10. The highest BCUT2D eigenvalue weighted by Crippen LogP contribution is 2.18. The fraction of sp³-hybridized carbons (Fsp3) is 0.353. The number of amides is 2. The van der Waals surface area contributed by atoms with Crippen molar-refractivity contribution < 1.29 is 22.7 Å². The lowest BCUT2D eigenvalue weighted by Gasteiger charge is -2.34. The maximum Gasteiger partial charge on any atom is 0.387 e. The summed E-state index contributed by atoms with van der Waals surface area (Å²) in [7, 11) is 0. The second-order valence-electron chi connectivity index (χ2n) is 5.68. The number of benzene rings is 1. The summed E-state index contributed by atoms with van der Waals surface area (Å²) in [4.78, 5) is 16.2. The van der Waals surface area contributed by atoms with Gasteiger partial charge in [0.2, 0.25) is 0 Å². The van der Waals surface area contributed by atoms with E-state index in [0.717, 1.165) is 25.4 Å². The second kappa shape index (κ2) is 7.98. The molecule has 2 aromatic rings. The Bertz CT molecular complexity index is 669. The van der Waals surface area contributed by atoms with E-state index in [-0.39, 0.29) is 11.8 Å². The van der Waals surface area contributed by atoms with Crippen LogP contribution < -0.4 is 10.1 Å². The van der Waals surface area contributed by atoms with E-state index in [1.54, 1.807) is 11.2 Å². The quantitative estimate of drug-likeness (QED) is 0.899. The summed E-state index contributed by atoms with van der Waals surface area (Å²) in [5.41, 5.74) is 0.532. The van der Waals surface area contributed by atoms with Gasteiger partial charge < -0.3 is 19.4 Å². The summed E-state index contributed by atoms with van der Waals surface area (Å²) in [5.74, 6) is 0.962. The van der Waals surface area contributed by atoms with Gasteiger partial charge in [-0.05, 0) is 36.4 Å². The first-order valence-corrected chi connectivity index (χ1v) is 7.96. The summed E-state index contributed by atoms with van der Waals surface area (Å²) in [6, 6.07) is 9.43. The van der Waals surface area contributed by atoms with Crippen LogP contribution in [0, 0.1) is 0 Å². The standard InChI is InChI=1S/C17H19F2N3O3/c18-16(19)25-14-5-3-13(4-6-14)20-17(23)22-9-7-21(8-10-22)12-15-2-1-11-24-15/h1-6,11,16H,7-10,12H2,(H,20,23). The molecule has 25 heavy (non-hydrogen) atoms. The molecule has 1 fully saturated rings. The Labute approximate surface area is 144 Å². The molecule has 1 aliphatic heterocycles. The number of nitrogens with one attached hydrogen (secondary N) is 1. The molecule has 2 amide bonds. The summed E-state index contributed by atoms with van der Waals surface area (Å²) < 4.78 is 33.8. The fourth-order valence-electron chi connectivity index (χ4n) is 2.65. The highest BCUT2D eigenvalue weighted by atomic mass is 19.3. The van der Waals surface area contributed by atoms with Crippen molar-refractivity contribution in [1.29, 1.82) is 0 Å². The predicted molar refractivity (Wildman–Crippen MR) is 87.7 cm³/mol. The maximum atomic E-state index is 12.3. The molecular formula is C17H19F2N3O3. The van der Waals surface area contributed by atoms with Gasteiger partial charge in [-0.2, -0.15) is 8.78 Å². The van der Waals surface area contributed by atoms with E-state index in [4.69, 9.17) is 4.42 Å². The first kappa shape index (κ1) is 17.2. The number of urea groups is 1. The van der Waals surface area contributed by atoms with Crippen LogP contribution in [0.2, 0.25) is 0 Å². The van der Waals surface area contributed by atoms with Crippen LogP contribution in [0.15, 0.2) is 47.1 Å². The summed E-state index contributed by atoms with van der Waals surface area (Å²) in [5, 5.41) is 2.76. The molecule has 0 bridgehead atoms. The monoisotopic (exact) mass is 351 g/mol. The summed E-state index contributed by atoms with van der Waals surface area (Å²) in [6.07, 6.45) is 1.65. The second-order valence-corrected chi connectivity index (χ2v) is 5.68. The van der Waals surface area contributed by atoms with E-state index in [1.165, 1.54) is 24.3 Å². The van der Waals surface area contributed by atoms with Crippen LogP contribution >= 0.6 is 0 Å². The molecule has 2 heterocycles. The number of anilines is 1. The molecule has 1 aromatic heterocycles. The molecule has 0 atom stereocenters. The maximum absolute atomic E-state index is 12.3. The highest BCUT2D eigenvalue weighted by molar-refractivity contribution is 5.89. The van der Waals surface area contributed by atoms with Crippen molar-refractivity contribution in [1.82, 2.24) is 9.80 Å². The number of ether oxygens (including phenoxy) is 1. The number of halogens is 2. The SMILES string of the molecule is O=C(Nc1ccc(OC(F)F)cc1)N1CCN(Cc2ccco2)CC1. The zero-order valence-electron chi connectivity index (χ0n) is 13.5. The molecule has 0 unspecified atom stereocenters. The molecule has 3 rings (SSSR count). The summed E-state index contributed by atoms with van der Waals surface area (Å²) >= 11 is 0. The Balaban J connectivity index is 1.46. The number of furan rings is 1. The fourth-order valence-corrected chi connectivity index (χ4v) is 2.65. The zero-order chi connectivity index (χ0) is 17.6. The van der Waals surface area contributed by atoms with Crippen LogP contribution in [-0.2, 0) is 6.54 Å². The van der Waals surface area contributed by atoms with E-state index in [9.17, 15) is 13.6 Å². The zero-order valence-corrected chi connectivity index (χ0v) is 13.5. The molecule has 0 aliphatic carbocycles. The normalized spacial score (nSPS) is 15.4. The Hall–Kier alpha value is -2.61. The molecule has 0 saturated carbocycles. The topological polar surface area (TPSA) is 58.0 Å². The average molecular weight is 351 g/mol. The van der Waals surface area contributed by atoms with Gasteiger partial charge in [0.1, 0.15) is 11.5 Å². The molecule has 6 nitrogen and oxygen atoms in total. The van der Waals surface area contributed by atoms with Gasteiger partial charge in [-0.25, -0.2) is 4.79 Å². The molecule has 1 aromatic carbocycles. The number of piperazine rings is 1. The van der Waals surface area contributed by atoms with Gasteiger partial charge in [-0.15, -0.1) is 0 Å². The third-order valence-electron chi connectivity index (χ3n) is 3.95. The van der Waals surface area contributed by atoms with Gasteiger partial charge >= 0.3 is 12.6 Å². The van der Waals surface area contributed by atoms with Crippen molar-refractivity contribution in [3.63, 3.8) is 0 Å². The van der Waals surface area contributed by atoms with Crippen LogP contribution in [0.1, 0.15) is 5.76 Å². The van der Waals surface area contributed by atoms with E-state index < -0.39 is 6.61 Å². The van der Waals surface area contributed by atoms with Gasteiger partial charge in [-0.1, -0.05) is 0 Å². The first-order valence-electron chi connectivity index (χ1n) is 7.96. The van der Waals surface area contributed by atoms with E-state index in [1.807, 2.05) is 12.1 Å². The molecular weight excluding hydrogens is 332 g/mol. The first-order chi connectivity index (χ1) is 12.1. The smallest absolute Gasteiger partial charge is 0.387 e. The minimum absolute atomic E-state index is 0.0551. The largest absolute Gasteiger partial charge is 0.468 e. The van der Waals surface area contributed by atoms with E-state index >= 15 is 0 Å². The molecule has 1 N–H and O–H groups in total. The number of hydrogen-bond acceptors (Lipinski definition) is 4. The van der Waals surface area contributed by atoms with Gasteiger partial charge in [-0.3, -0.25) is 4.90 Å². The molecule has 0 radical (unpaired) electrons. The lowest BCUT2D eigenvalue weighted by Crippen LogP contribution is -2.49. The van der Waals surface area contributed by atoms with Crippen molar-refractivity contribution in [2.24, 2.45) is 0 Å². The number of hydrogen-bond donors (Lipinski definition) is 1. The third kappa shape index (κ3) is 4.93. The Morgan fingerprint density at radius 1 is 1.16 bits per heavy atom. The van der Waals surface area contributed by atoms with Gasteiger partial charge in [0, 0.05) is 31.9 Å². The molecule has 1 saturated heterocycles. The number of carbonyl (C=O) groups excluding carboxylic acids is 1. The van der Waals surface area contributed by atoms with Crippen LogP contribution in [0.4, 0.5) is 19.3 Å². The Morgan fingerprint density at radius 2 is 1.88 bits per heavy atom. The Morgan fingerprint density at radius 3 is 2.48 bits per heavy atom. The van der Waals surface area contributed by atoms with Crippen LogP contribution in [-0.4, -0.2) is 48.6 Å². The van der Waals surface area contributed by atoms with Crippen molar-refractivity contribution in [3.05, 3.63) is 48.4 Å². The lowest BCUT2D eigenvalue weighted by atomic mass is 10.3. The van der Waals surface area contributed by atoms with Gasteiger partial charge in [0.15, 0.2) is 0 Å². The number of carbonyl (C=O) groups is 1. The van der Waals surface area contributed by atoms with Gasteiger partial charge in [0.25, 0.3) is 0 Å². The minimum atomic E-state index is -2.86.